The number of amides is 1. The van der Waals surface area contributed by atoms with Crippen molar-refractivity contribution >= 4 is 22.2 Å². The number of nitrogens with zero attached hydrogens (tertiary/aromatic N) is 1. The van der Waals surface area contributed by atoms with Gasteiger partial charge < -0.3 is 23.9 Å². The number of benzene rings is 1. The molecule has 1 aliphatic heterocycles. The number of methoxy groups -OCH3 is 2. The van der Waals surface area contributed by atoms with Crippen LogP contribution in [0.15, 0.2) is 47.1 Å². The summed E-state index contributed by atoms with van der Waals surface area (Å²) in [5.74, 6) is 1.37. The molecule has 0 saturated carbocycles. The van der Waals surface area contributed by atoms with Crippen LogP contribution in [0.3, 0.4) is 0 Å². The van der Waals surface area contributed by atoms with E-state index in [1.165, 1.54) is 6.26 Å². The number of hydrogen-bond donors (Lipinski definition) is 1. The first-order valence-corrected chi connectivity index (χ1v) is 10.9. The SMILES string of the molecule is COc1cccc([C@H](c2cc(C)sc2NC(=O)c2ccco2)N2CCOCC2)c1OC. The molecule has 3 aromatic rings. The van der Waals surface area contributed by atoms with Gasteiger partial charge in [0.05, 0.1) is 39.7 Å². The number of carbonyl (C=O) groups is 1. The van der Waals surface area contributed by atoms with Crippen molar-refractivity contribution in [2.45, 2.75) is 13.0 Å². The first-order valence-electron chi connectivity index (χ1n) is 10.1. The largest absolute Gasteiger partial charge is 0.493 e. The van der Waals surface area contributed by atoms with E-state index in [1.807, 2.05) is 25.1 Å². The van der Waals surface area contributed by atoms with Crippen molar-refractivity contribution in [3.63, 3.8) is 0 Å². The van der Waals surface area contributed by atoms with Crippen LogP contribution >= 0.6 is 11.3 Å². The zero-order valence-electron chi connectivity index (χ0n) is 17.8. The molecule has 1 fully saturated rings. The van der Waals surface area contributed by atoms with Gasteiger partial charge in [-0.2, -0.15) is 0 Å². The maximum absolute atomic E-state index is 12.7. The van der Waals surface area contributed by atoms with Crippen molar-refractivity contribution in [3.8, 4) is 11.5 Å². The van der Waals surface area contributed by atoms with Crippen molar-refractivity contribution in [1.29, 1.82) is 0 Å². The highest BCUT2D eigenvalue weighted by Crippen LogP contribution is 2.44. The predicted octanol–water partition coefficient (Wildman–Crippen LogP) is 4.34. The molecule has 1 saturated heterocycles. The van der Waals surface area contributed by atoms with Crippen molar-refractivity contribution in [2.24, 2.45) is 0 Å². The maximum atomic E-state index is 12.7. The molecule has 2 aromatic heterocycles. The van der Waals surface area contributed by atoms with Crippen LogP contribution in [-0.4, -0.2) is 51.3 Å². The van der Waals surface area contributed by atoms with E-state index in [2.05, 4.69) is 16.3 Å². The average molecular weight is 443 g/mol. The number of furan rings is 1. The summed E-state index contributed by atoms with van der Waals surface area (Å²) in [7, 11) is 3.28. The van der Waals surface area contributed by atoms with Crippen molar-refractivity contribution in [3.05, 3.63) is 64.4 Å². The van der Waals surface area contributed by atoms with Crippen LogP contribution < -0.4 is 14.8 Å². The molecule has 1 N–H and O–H groups in total. The topological polar surface area (TPSA) is 73.2 Å². The quantitative estimate of drug-likeness (QED) is 0.587. The lowest BCUT2D eigenvalue weighted by Crippen LogP contribution is -2.39. The third kappa shape index (κ3) is 4.46. The Bertz CT molecular complexity index is 1020. The highest BCUT2D eigenvalue weighted by Gasteiger charge is 2.31. The lowest BCUT2D eigenvalue weighted by Gasteiger charge is -2.36. The van der Waals surface area contributed by atoms with Crippen molar-refractivity contribution in [1.82, 2.24) is 4.90 Å². The fraction of sp³-hybridized carbons (Fsp3) is 0.348. The van der Waals surface area contributed by atoms with Gasteiger partial charge in [-0.1, -0.05) is 12.1 Å². The summed E-state index contributed by atoms with van der Waals surface area (Å²) in [6.45, 7) is 4.88. The Labute approximate surface area is 185 Å². The summed E-state index contributed by atoms with van der Waals surface area (Å²) in [5.41, 5.74) is 1.99. The van der Waals surface area contributed by atoms with Gasteiger partial charge in [-0.25, -0.2) is 0 Å². The molecule has 3 heterocycles. The molecule has 1 amide bonds. The summed E-state index contributed by atoms with van der Waals surface area (Å²) < 4.78 is 22.2. The molecular formula is C23H26N2O5S. The normalized spacial score (nSPS) is 15.5. The molecule has 31 heavy (non-hydrogen) atoms. The van der Waals surface area contributed by atoms with Crippen LogP contribution in [0.2, 0.25) is 0 Å². The monoisotopic (exact) mass is 442 g/mol. The minimum atomic E-state index is -0.272. The van der Waals surface area contributed by atoms with Gasteiger partial charge in [-0.15, -0.1) is 11.3 Å². The Morgan fingerprint density at radius 2 is 1.94 bits per heavy atom. The van der Waals surface area contributed by atoms with E-state index >= 15 is 0 Å². The Kier molecular flexibility index (Phi) is 6.60. The lowest BCUT2D eigenvalue weighted by atomic mass is 9.96. The van der Waals surface area contributed by atoms with Gasteiger partial charge >= 0.3 is 0 Å². The number of para-hydroxylation sites is 1. The highest BCUT2D eigenvalue weighted by molar-refractivity contribution is 7.16. The van der Waals surface area contributed by atoms with Gasteiger partial charge in [0.25, 0.3) is 5.91 Å². The Balaban J connectivity index is 1.79. The molecule has 0 unspecified atom stereocenters. The van der Waals surface area contributed by atoms with Gasteiger partial charge in [0.15, 0.2) is 17.3 Å². The van der Waals surface area contributed by atoms with Gasteiger partial charge in [0.1, 0.15) is 5.00 Å². The predicted molar refractivity (Wildman–Crippen MR) is 119 cm³/mol. The van der Waals surface area contributed by atoms with Gasteiger partial charge in [0.2, 0.25) is 0 Å². The minimum Gasteiger partial charge on any atom is -0.493 e. The van der Waals surface area contributed by atoms with Crippen LogP contribution in [0, 0.1) is 6.92 Å². The Morgan fingerprint density at radius 1 is 1.13 bits per heavy atom. The standard InChI is InChI=1S/C23H26N2O5S/c1-15-14-17(23(31-15)24-22(26)19-8-5-11-30-19)20(25-9-12-29-13-10-25)16-6-4-7-18(27-2)21(16)28-3/h4-8,11,14,20H,9-10,12-13H2,1-3H3,(H,24,26)/t20-/m1/s1. The molecule has 1 aromatic carbocycles. The number of carbonyl (C=O) groups excluding carboxylic acids is 1. The van der Waals surface area contributed by atoms with Crippen LogP contribution in [0.5, 0.6) is 11.5 Å². The molecule has 0 spiro atoms. The Hall–Kier alpha value is -2.81. The third-order valence-electron chi connectivity index (χ3n) is 5.29. The minimum absolute atomic E-state index is 0.134. The van der Waals surface area contributed by atoms with Gasteiger partial charge in [-0.3, -0.25) is 9.69 Å². The number of hydrogen-bond acceptors (Lipinski definition) is 7. The number of rotatable bonds is 7. The van der Waals surface area contributed by atoms with E-state index in [4.69, 9.17) is 18.6 Å². The van der Waals surface area contributed by atoms with Crippen LogP contribution in [0.4, 0.5) is 5.00 Å². The average Bonchev–Trinajstić information content (AvgIpc) is 3.45. The zero-order chi connectivity index (χ0) is 21.8. The summed E-state index contributed by atoms with van der Waals surface area (Å²) >= 11 is 1.55. The number of aryl methyl sites for hydroxylation is 1. The third-order valence-corrected chi connectivity index (χ3v) is 6.27. The summed E-state index contributed by atoms with van der Waals surface area (Å²) in [5, 5.41) is 3.84. The van der Waals surface area contributed by atoms with E-state index in [9.17, 15) is 4.79 Å². The van der Waals surface area contributed by atoms with Gasteiger partial charge in [0, 0.05) is 29.1 Å². The van der Waals surface area contributed by atoms with E-state index in [1.54, 1.807) is 37.7 Å². The van der Waals surface area contributed by atoms with Gasteiger partial charge in [-0.05, 0) is 31.2 Å². The first-order chi connectivity index (χ1) is 15.1. The molecule has 0 radical (unpaired) electrons. The van der Waals surface area contributed by atoms with E-state index in [-0.39, 0.29) is 17.7 Å². The van der Waals surface area contributed by atoms with Crippen LogP contribution in [-0.2, 0) is 4.74 Å². The van der Waals surface area contributed by atoms with Crippen molar-refractivity contribution < 1.29 is 23.4 Å². The van der Waals surface area contributed by atoms with Crippen LogP contribution in [0.1, 0.15) is 32.6 Å². The molecule has 0 aliphatic carbocycles. The van der Waals surface area contributed by atoms with E-state index in [0.29, 0.717) is 24.7 Å². The number of morpholine rings is 1. The summed E-state index contributed by atoms with van der Waals surface area (Å²) in [6.07, 6.45) is 1.49. The zero-order valence-corrected chi connectivity index (χ0v) is 18.7. The fourth-order valence-electron chi connectivity index (χ4n) is 3.93. The van der Waals surface area contributed by atoms with Crippen molar-refractivity contribution in [2.75, 3.05) is 45.8 Å². The van der Waals surface area contributed by atoms with E-state index in [0.717, 1.165) is 34.1 Å². The molecule has 4 rings (SSSR count). The maximum Gasteiger partial charge on any atom is 0.291 e. The second-order valence-corrected chi connectivity index (χ2v) is 8.46. The number of ether oxygens (including phenoxy) is 3. The fourth-order valence-corrected chi connectivity index (χ4v) is 4.87. The summed E-state index contributed by atoms with van der Waals surface area (Å²) in [6, 6.07) is 11.2. The molecule has 8 heteroatoms. The second-order valence-electron chi connectivity index (χ2n) is 7.21. The molecule has 1 atom stereocenters. The first kappa shape index (κ1) is 21.4. The Morgan fingerprint density at radius 3 is 2.61 bits per heavy atom. The van der Waals surface area contributed by atoms with E-state index < -0.39 is 0 Å². The number of anilines is 1. The molecule has 1 aliphatic rings. The number of nitrogens with one attached hydrogen (secondary N) is 1. The smallest absolute Gasteiger partial charge is 0.291 e. The molecule has 164 valence electrons. The molecular weight excluding hydrogens is 416 g/mol. The number of thiophene rings is 1. The van der Waals surface area contributed by atoms with Crippen LogP contribution in [0.25, 0.3) is 0 Å². The summed E-state index contributed by atoms with van der Waals surface area (Å²) in [4.78, 5) is 16.2. The highest BCUT2D eigenvalue weighted by atomic mass is 32.1. The second kappa shape index (κ2) is 9.55. The lowest BCUT2D eigenvalue weighted by molar-refractivity contribution is 0.0237. The molecule has 7 nitrogen and oxygen atoms in total. The molecule has 0 bridgehead atoms.